The summed E-state index contributed by atoms with van der Waals surface area (Å²) >= 11 is 0. The molecular weight excluding hydrogens is 404 g/mol. The van der Waals surface area contributed by atoms with Crippen LogP contribution >= 0.6 is 0 Å². The number of nitrogens with zero attached hydrogens (tertiary/aromatic N) is 3. The lowest BCUT2D eigenvalue weighted by Gasteiger charge is -2.43. The molecule has 2 aliphatic rings. The van der Waals surface area contributed by atoms with Gasteiger partial charge in [0.25, 0.3) is 5.91 Å². The average Bonchev–Trinajstić information content (AvgIpc) is 3.10. The van der Waals surface area contributed by atoms with Gasteiger partial charge in [-0.3, -0.25) is 14.4 Å². The third-order valence-electron chi connectivity index (χ3n) is 6.61. The van der Waals surface area contributed by atoms with Gasteiger partial charge in [-0.05, 0) is 37.0 Å². The van der Waals surface area contributed by atoms with Gasteiger partial charge in [0.2, 0.25) is 11.8 Å². The Hall–Kier alpha value is -3.35. The first kappa shape index (κ1) is 21.9. The number of likely N-dealkylation sites (tertiary alicyclic amines) is 1. The van der Waals surface area contributed by atoms with Crippen LogP contribution in [-0.2, 0) is 20.8 Å². The molecule has 168 valence electrons. The molecule has 32 heavy (non-hydrogen) atoms. The van der Waals surface area contributed by atoms with E-state index in [2.05, 4.69) is 10.2 Å². The van der Waals surface area contributed by atoms with E-state index in [0.29, 0.717) is 39.0 Å². The highest BCUT2D eigenvalue weighted by Crippen LogP contribution is 2.39. The zero-order valence-electron chi connectivity index (χ0n) is 18.5. The van der Waals surface area contributed by atoms with E-state index in [4.69, 9.17) is 0 Å². The zero-order valence-corrected chi connectivity index (χ0v) is 18.5. The summed E-state index contributed by atoms with van der Waals surface area (Å²) in [7, 11) is 1.58. The van der Waals surface area contributed by atoms with Crippen LogP contribution in [0.3, 0.4) is 0 Å². The molecule has 0 saturated carbocycles. The minimum atomic E-state index is -0.717. The Labute approximate surface area is 189 Å². The minimum absolute atomic E-state index is 0.0265. The van der Waals surface area contributed by atoms with Crippen molar-refractivity contribution >= 4 is 23.4 Å². The molecule has 0 aromatic heterocycles. The third kappa shape index (κ3) is 4.33. The first-order valence-electron chi connectivity index (χ1n) is 11.2. The molecule has 1 N–H and O–H groups in total. The summed E-state index contributed by atoms with van der Waals surface area (Å²) < 4.78 is 0. The van der Waals surface area contributed by atoms with Crippen molar-refractivity contribution < 1.29 is 14.4 Å². The number of likely N-dealkylation sites (N-methyl/N-ethyl adjacent to an activating group) is 1. The van der Waals surface area contributed by atoms with Crippen molar-refractivity contribution in [3.63, 3.8) is 0 Å². The summed E-state index contributed by atoms with van der Waals surface area (Å²) in [6.45, 7) is 1.49. The number of nitrogens with one attached hydrogen (secondary N) is 1. The van der Waals surface area contributed by atoms with Gasteiger partial charge in [-0.2, -0.15) is 0 Å². The van der Waals surface area contributed by atoms with Gasteiger partial charge in [-0.15, -0.1) is 0 Å². The zero-order chi connectivity index (χ0) is 22.6. The Morgan fingerprint density at radius 3 is 2.22 bits per heavy atom. The first-order valence-corrected chi connectivity index (χ1v) is 11.2. The van der Waals surface area contributed by atoms with E-state index in [0.717, 1.165) is 17.7 Å². The van der Waals surface area contributed by atoms with Gasteiger partial charge in [0, 0.05) is 32.2 Å². The standard InChI is InChI=1S/C25H30N4O3/c1-26-22(30)18-28-19-29(21-10-6-3-7-11-21)25(24(28)32)14-16-27(17-15-25)23(31)13-12-20-8-4-2-5-9-20/h2-11H,12-19H2,1H3,(H,26,30). The van der Waals surface area contributed by atoms with E-state index in [-0.39, 0.29) is 24.3 Å². The van der Waals surface area contributed by atoms with Gasteiger partial charge in [0.15, 0.2) is 0 Å². The van der Waals surface area contributed by atoms with Crippen LogP contribution in [0.25, 0.3) is 0 Å². The summed E-state index contributed by atoms with van der Waals surface area (Å²) in [6, 6.07) is 19.9. The molecule has 2 heterocycles. The molecule has 7 nitrogen and oxygen atoms in total. The normalized spacial score (nSPS) is 17.7. The number of hydrogen-bond donors (Lipinski definition) is 1. The van der Waals surface area contributed by atoms with Crippen LogP contribution in [0.4, 0.5) is 5.69 Å². The quantitative estimate of drug-likeness (QED) is 0.755. The van der Waals surface area contributed by atoms with Crippen molar-refractivity contribution in [3.8, 4) is 0 Å². The smallest absolute Gasteiger partial charge is 0.250 e. The van der Waals surface area contributed by atoms with Crippen LogP contribution in [0, 0.1) is 0 Å². The number of rotatable bonds is 6. The second-order valence-corrected chi connectivity index (χ2v) is 8.48. The van der Waals surface area contributed by atoms with Crippen LogP contribution in [-0.4, -0.2) is 66.4 Å². The second-order valence-electron chi connectivity index (χ2n) is 8.48. The lowest BCUT2D eigenvalue weighted by atomic mass is 9.85. The highest BCUT2D eigenvalue weighted by molar-refractivity contribution is 5.96. The number of carbonyl (C=O) groups is 3. The molecule has 2 saturated heterocycles. The van der Waals surface area contributed by atoms with E-state index < -0.39 is 5.54 Å². The van der Waals surface area contributed by atoms with Crippen LogP contribution < -0.4 is 10.2 Å². The number of amides is 3. The predicted molar refractivity (Wildman–Crippen MR) is 123 cm³/mol. The van der Waals surface area contributed by atoms with Crippen molar-refractivity contribution in [2.75, 3.05) is 38.3 Å². The van der Waals surface area contributed by atoms with E-state index >= 15 is 0 Å². The van der Waals surface area contributed by atoms with Gasteiger partial charge < -0.3 is 20.0 Å². The fourth-order valence-corrected chi connectivity index (χ4v) is 4.75. The Morgan fingerprint density at radius 2 is 1.59 bits per heavy atom. The maximum Gasteiger partial charge on any atom is 0.250 e. The molecule has 0 atom stereocenters. The molecular formula is C25H30N4O3. The minimum Gasteiger partial charge on any atom is -0.358 e. The lowest BCUT2D eigenvalue weighted by Crippen LogP contribution is -2.57. The number of hydrogen-bond acceptors (Lipinski definition) is 4. The van der Waals surface area contributed by atoms with Crippen molar-refractivity contribution in [2.45, 2.75) is 31.2 Å². The SMILES string of the molecule is CNC(=O)CN1CN(c2ccccc2)C2(CCN(C(=O)CCc3ccccc3)CC2)C1=O. The molecule has 2 fully saturated rings. The van der Waals surface area contributed by atoms with Crippen LogP contribution in [0.1, 0.15) is 24.8 Å². The first-order chi connectivity index (χ1) is 15.5. The predicted octanol–water partition coefficient (Wildman–Crippen LogP) is 2.03. The van der Waals surface area contributed by atoms with Crippen LogP contribution in [0.2, 0.25) is 0 Å². The van der Waals surface area contributed by atoms with Crippen LogP contribution in [0.5, 0.6) is 0 Å². The Balaban J connectivity index is 1.46. The highest BCUT2D eigenvalue weighted by Gasteiger charge is 2.54. The van der Waals surface area contributed by atoms with E-state index in [1.165, 1.54) is 0 Å². The van der Waals surface area contributed by atoms with Crippen molar-refractivity contribution in [1.29, 1.82) is 0 Å². The van der Waals surface area contributed by atoms with E-state index in [9.17, 15) is 14.4 Å². The largest absolute Gasteiger partial charge is 0.358 e. The molecule has 4 rings (SSSR count). The fourth-order valence-electron chi connectivity index (χ4n) is 4.75. The maximum atomic E-state index is 13.5. The Kier molecular flexibility index (Phi) is 6.44. The number of carbonyl (C=O) groups excluding carboxylic acids is 3. The monoisotopic (exact) mass is 434 g/mol. The van der Waals surface area contributed by atoms with E-state index in [1.54, 1.807) is 11.9 Å². The summed E-state index contributed by atoms with van der Waals surface area (Å²) in [6.07, 6.45) is 2.30. The number of benzene rings is 2. The van der Waals surface area contributed by atoms with Gasteiger partial charge in [-0.25, -0.2) is 0 Å². The number of piperidine rings is 1. The summed E-state index contributed by atoms with van der Waals surface area (Å²) in [5, 5.41) is 2.60. The molecule has 0 unspecified atom stereocenters. The second kappa shape index (κ2) is 9.42. The average molecular weight is 435 g/mol. The van der Waals surface area contributed by atoms with Crippen molar-refractivity contribution in [1.82, 2.24) is 15.1 Å². The lowest BCUT2D eigenvalue weighted by molar-refractivity contribution is -0.139. The molecule has 2 aromatic rings. The Morgan fingerprint density at radius 1 is 0.969 bits per heavy atom. The van der Waals surface area contributed by atoms with Gasteiger partial charge >= 0.3 is 0 Å². The molecule has 3 amide bonds. The molecule has 0 aliphatic carbocycles. The molecule has 2 aliphatic heterocycles. The number of anilines is 1. The summed E-state index contributed by atoms with van der Waals surface area (Å²) in [4.78, 5) is 43.9. The molecule has 1 spiro atoms. The van der Waals surface area contributed by atoms with Gasteiger partial charge in [0.1, 0.15) is 12.1 Å². The van der Waals surface area contributed by atoms with Crippen molar-refractivity contribution in [2.24, 2.45) is 0 Å². The molecule has 0 radical (unpaired) electrons. The van der Waals surface area contributed by atoms with Crippen LogP contribution in [0.15, 0.2) is 60.7 Å². The number of aryl methyl sites for hydroxylation is 1. The number of para-hydroxylation sites is 1. The van der Waals surface area contributed by atoms with E-state index in [1.807, 2.05) is 65.6 Å². The summed E-state index contributed by atoms with van der Waals surface area (Å²) in [5.41, 5.74) is 1.40. The topological polar surface area (TPSA) is 73.0 Å². The summed E-state index contributed by atoms with van der Waals surface area (Å²) in [5.74, 6) is -0.0825. The maximum absolute atomic E-state index is 13.5. The van der Waals surface area contributed by atoms with Gasteiger partial charge in [-0.1, -0.05) is 48.5 Å². The Bertz CT molecular complexity index is 956. The molecule has 2 aromatic carbocycles. The molecule has 7 heteroatoms. The van der Waals surface area contributed by atoms with Crippen molar-refractivity contribution in [3.05, 3.63) is 66.2 Å². The van der Waals surface area contributed by atoms with Gasteiger partial charge in [0.05, 0.1) is 6.67 Å². The fraction of sp³-hybridized carbons (Fsp3) is 0.400. The third-order valence-corrected chi connectivity index (χ3v) is 6.61. The highest BCUT2D eigenvalue weighted by atomic mass is 16.2. The molecule has 0 bridgehead atoms.